The van der Waals surface area contributed by atoms with Crippen LogP contribution >= 0.6 is 11.3 Å². The Kier molecular flexibility index (Phi) is 5.30. The van der Waals surface area contributed by atoms with E-state index < -0.39 is 0 Å². The van der Waals surface area contributed by atoms with Gasteiger partial charge in [-0.05, 0) is 13.5 Å². The van der Waals surface area contributed by atoms with E-state index in [2.05, 4.69) is 22.6 Å². The molecule has 5 nitrogen and oxygen atoms in total. The van der Waals surface area contributed by atoms with Crippen LogP contribution in [0.3, 0.4) is 0 Å². The third-order valence-electron chi connectivity index (χ3n) is 3.21. The lowest BCUT2D eigenvalue weighted by Crippen LogP contribution is -2.49. The summed E-state index contributed by atoms with van der Waals surface area (Å²) >= 11 is 1.70. The minimum Gasteiger partial charge on any atom is -0.339 e. The number of aromatic nitrogens is 1. The summed E-state index contributed by atoms with van der Waals surface area (Å²) in [5.74, 6) is 0.218. The lowest BCUT2D eigenvalue weighted by Gasteiger charge is -2.29. The Morgan fingerprint density at radius 2 is 2.26 bits per heavy atom. The summed E-state index contributed by atoms with van der Waals surface area (Å²) in [5.41, 5.74) is 1.07. The second kappa shape index (κ2) is 6.98. The van der Waals surface area contributed by atoms with Gasteiger partial charge < -0.3 is 10.2 Å². The fraction of sp³-hybridized carbons (Fsp3) is 0.692. The maximum Gasteiger partial charge on any atom is 0.236 e. The van der Waals surface area contributed by atoms with Gasteiger partial charge in [0.25, 0.3) is 0 Å². The molecular weight excluding hydrogens is 260 g/mol. The summed E-state index contributed by atoms with van der Waals surface area (Å²) in [6.07, 6.45) is 0.980. The SMILES string of the molecule is CCc1nc(CN(C)CC(=O)N2CCNCC2)cs1. The van der Waals surface area contributed by atoms with Crippen LogP contribution in [0.4, 0.5) is 0 Å². The maximum atomic E-state index is 12.1. The smallest absolute Gasteiger partial charge is 0.236 e. The molecule has 0 aromatic carbocycles. The molecule has 106 valence electrons. The normalized spacial score (nSPS) is 16.1. The predicted octanol–water partition coefficient (Wildman–Crippen LogP) is 0.569. The van der Waals surface area contributed by atoms with Gasteiger partial charge in [-0.3, -0.25) is 9.69 Å². The van der Waals surface area contributed by atoms with Crippen molar-refractivity contribution in [2.24, 2.45) is 0 Å². The largest absolute Gasteiger partial charge is 0.339 e. The molecule has 1 fully saturated rings. The van der Waals surface area contributed by atoms with E-state index in [4.69, 9.17) is 0 Å². The number of thiazole rings is 1. The van der Waals surface area contributed by atoms with Gasteiger partial charge in [-0.25, -0.2) is 4.98 Å². The number of amides is 1. The Balaban J connectivity index is 1.79. The van der Waals surface area contributed by atoms with E-state index in [1.54, 1.807) is 11.3 Å². The van der Waals surface area contributed by atoms with Gasteiger partial charge in [0.1, 0.15) is 0 Å². The minimum absolute atomic E-state index is 0.218. The third-order valence-corrected chi connectivity index (χ3v) is 4.25. The zero-order chi connectivity index (χ0) is 13.7. The highest BCUT2D eigenvalue weighted by atomic mass is 32.1. The number of carbonyl (C=O) groups excluding carboxylic acids is 1. The number of aryl methyl sites for hydroxylation is 1. The van der Waals surface area contributed by atoms with Gasteiger partial charge >= 0.3 is 0 Å². The predicted molar refractivity (Wildman–Crippen MR) is 77.3 cm³/mol. The molecule has 0 atom stereocenters. The maximum absolute atomic E-state index is 12.1. The Morgan fingerprint density at radius 1 is 1.53 bits per heavy atom. The Labute approximate surface area is 118 Å². The van der Waals surface area contributed by atoms with Crippen molar-refractivity contribution in [2.75, 3.05) is 39.8 Å². The summed E-state index contributed by atoms with van der Waals surface area (Å²) in [6.45, 7) is 6.78. The van der Waals surface area contributed by atoms with Crippen molar-refractivity contribution in [2.45, 2.75) is 19.9 Å². The molecule has 0 aliphatic carbocycles. The first-order chi connectivity index (χ1) is 9.19. The van der Waals surface area contributed by atoms with Crippen LogP contribution in [0, 0.1) is 0 Å². The van der Waals surface area contributed by atoms with Crippen LogP contribution in [0.1, 0.15) is 17.6 Å². The molecule has 1 saturated heterocycles. The molecule has 1 aliphatic heterocycles. The van der Waals surface area contributed by atoms with Gasteiger partial charge in [-0.2, -0.15) is 0 Å². The van der Waals surface area contributed by atoms with Crippen molar-refractivity contribution < 1.29 is 4.79 Å². The quantitative estimate of drug-likeness (QED) is 0.858. The number of rotatable bonds is 5. The van der Waals surface area contributed by atoms with Crippen LogP contribution in [0.25, 0.3) is 0 Å². The molecule has 0 spiro atoms. The van der Waals surface area contributed by atoms with Crippen molar-refractivity contribution in [1.29, 1.82) is 0 Å². The number of hydrogen-bond acceptors (Lipinski definition) is 5. The number of hydrogen-bond donors (Lipinski definition) is 1. The van der Waals surface area contributed by atoms with E-state index in [0.29, 0.717) is 6.54 Å². The number of nitrogens with one attached hydrogen (secondary N) is 1. The van der Waals surface area contributed by atoms with E-state index in [9.17, 15) is 4.79 Å². The van der Waals surface area contributed by atoms with E-state index in [-0.39, 0.29) is 5.91 Å². The average Bonchev–Trinajstić information content (AvgIpc) is 2.87. The lowest BCUT2D eigenvalue weighted by molar-refractivity contribution is -0.132. The van der Waals surface area contributed by atoms with Crippen LogP contribution in [0.2, 0.25) is 0 Å². The summed E-state index contributed by atoms with van der Waals surface area (Å²) in [6, 6.07) is 0. The number of nitrogens with zero attached hydrogens (tertiary/aromatic N) is 3. The van der Waals surface area contributed by atoms with E-state index in [0.717, 1.165) is 49.8 Å². The standard InChI is InChI=1S/C13H22N4OS/c1-3-12-15-11(10-19-12)8-16(2)9-13(18)17-6-4-14-5-7-17/h10,14H,3-9H2,1-2H3. The van der Waals surface area contributed by atoms with Gasteiger partial charge in [-0.1, -0.05) is 6.92 Å². The second-order valence-corrected chi connectivity index (χ2v) is 5.83. The highest BCUT2D eigenvalue weighted by molar-refractivity contribution is 7.09. The molecule has 2 rings (SSSR count). The van der Waals surface area contributed by atoms with E-state index in [1.165, 1.54) is 0 Å². The van der Waals surface area contributed by atoms with Gasteiger partial charge in [0.15, 0.2) is 0 Å². The fourth-order valence-electron chi connectivity index (χ4n) is 2.16. The first kappa shape index (κ1) is 14.4. The van der Waals surface area contributed by atoms with Gasteiger partial charge in [0.2, 0.25) is 5.91 Å². The molecule has 2 heterocycles. The van der Waals surface area contributed by atoms with Gasteiger partial charge in [0.05, 0.1) is 17.2 Å². The summed E-state index contributed by atoms with van der Waals surface area (Å²) in [4.78, 5) is 20.6. The van der Waals surface area contributed by atoms with E-state index >= 15 is 0 Å². The van der Waals surface area contributed by atoms with Crippen molar-refractivity contribution in [3.63, 3.8) is 0 Å². The monoisotopic (exact) mass is 282 g/mol. The van der Waals surface area contributed by atoms with E-state index in [1.807, 2.05) is 16.8 Å². The number of likely N-dealkylation sites (N-methyl/N-ethyl adjacent to an activating group) is 1. The highest BCUT2D eigenvalue weighted by Gasteiger charge is 2.17. The van der Waals surface area contributed by atoms with Crippen LogP contribution < -0.4 is 5.32 Å². The van der Waals surface area contributed by atoms with Crippen molar-refractivity contribution in [3.05, 3.63) is 16.1 Å². The van der Waals surface area contributed by atoms with Crippen molar-refractivity contribution in [3.8, 4) is 0 Å². The molecule has 0 unspecified atom stereocenters. The topological polar surface area (TPSA) is 48.5 Å². The third kappa shape index (κ3) is 4.26. The Hall–Kier alpha value is -0.980. The zero-order valence-corrected chi connectivity index (χ0v) is 12.5. The van der Waals surface area contributed by atoms with Crippen molar-refractivity contribution in [1.82, 2.24) is 20.1 Å². The Morgan fingerprint density at radius 3 is 2.89 bits per heavy atom. The summed E-state index contributed by atoms with van der Waals surface area (Å²) in [7, 11) is 1.98. The van der Waals surface area contributed by atoms with Crippen LogP contribution in [0.15, 0.2) is 5.38 Å². The molecule has 19 heavy (non-hydrogen) atoms. The zero-order valence-electron chi connectivity index (χ0n) is 11.7. The van der Waals surface area contributed by atoms with Crippen LogP contribution in [-0.2, 0) is 17.8 Å². The highest BCUT2D eigenvalue weighted by Crippen LogP contribution is 2.11. The van der Waals surface area contributed by atoms with Crippen LogP contribution in [0.5, 0.6) is 0 Å². The molecular formula is C13H22N4OS. The molecule has 1 aromatic rings. The molecule has 1 aliphatic rings. The van der Waals surface area contributed by atoms with Gasteiger partial charge in [-0.15, -0.1) is 11.3 Å². The molecule has 1 amide bonds. The minimum atomic E-state index is 0.218. The molecule has 0 radical (unpaired) electrons. The molecule has 0 bridgehead atoms. The Bertz CT molecular complexity index is 415. The summed E-state index contributed by atoms with van der Waals surface area (Å²) < 4.78 is 0. The molecule has 0 saturated carbocycles. The molecule has 1 aromatic heterocycles. The fourth-order valence-corrected chi connectivity index (χ4v) is 2.90. The van der Waals surface area contributed by atoms with Gasteiger partial charge in [0, 0.05) is 38.1 Å². The number of piperazine rings is 1. The first-order valence-electron chi connectivity index (χ1n) is 6.79. The lowest BCUT2D eigenvalue weighted by atomic mass is 10.3. The molecule has 6 heteroatoms. The second-order valence-electron chi connectivity index (χ2n) is 4.89. The number of carbonyl (C=O) groups is 1. The summed E-state index contributed by atoms with van der Waals surface area (Å²) in [5, 5.41) is 6.51. The van der Waals surface area contributed by atoms with Crippen LogP contribution in [-0.4, -0.2) is 60.5 Å². The average molecular weight is 282 g/mol. The first-order valence-corrected chi connectivity index (χ1v) is 7.67. The van der Waals surface area contributed by atoms with Crippen molar-refractivity contribution >= 4 is 17.2 Å². The molecule has 1 N–H and O–H groups in total.